The molecule has 2 N–H and O–H groups in total. The average molecular weight is 437 g/mol. The maximum Gasteiger partial charge on any atom is 0.321 e. The van der Waals surface area contributed by atoms with E-state index in [9.17, 15) is 9.59 Å². The number of hydrogen-bond acceptors (Lipinski definition) is 5. The number of fused-ring (bicyclic) bond motifs is 1. The van der Waals surface area contributed by atoms with Gasteiger partial charge in [0.25, 0.3) is 5.91 Å². The van der Waals surface area contributed by atoms with Crippen molar-refractivity contribution >= 4 is 17.6 Å². The van der Waals surface area contributed by atoms with Gasteiger partial charge >= 0.3 is 6.03 Å². The van der Waals surface area contributed by atoms with Crippen molar-refractivity contribution in [1.29, 1.82) is 0 Å². The maximum absolute atomic E-state index is 12.6. The van der Waals surface area contributed by atoms with Crippen LogP contribution in [-0.4, -0.2) is 56.4 Å². The number of likely N-dealkylation sites (tertiary alicyclic amines) is 1. The first kappa shape index (κ1) is 20.6. The fourth-order valence-corrected chi connectivity index (χ4v) is 4.60. The molecule has 0 aromatic heterocycles. The Morgan fingerprint density at radius 2 is 1.94 bits per heavy atom. The summed E-state index contributed by atoms with van der Waals surface area (Å²) in [7, 11) is 0. The number of nitrogens with zero attached hydrogens (tertiary/aromatic N) is 2. The van der Waals surface area contributed by atoms with Gasteiger partial charge in [-0.05, 0) is 61.2 Å². The molecular weight excluding hydrogens is 408 g/mol. The molecule has 1 atom stereocenters. The highest BCUT2D eigenvalue weighted by Gasteiger charge is 2.23. The lowest BCUT2D eigenvalue weighted by Crippen LogP contribution is -2.40. The molecule has 3 amide bonds. The highest BCUT2D eigenvalue weighted by Crippen LogP contribution is 2.32. The monoisotopic (exact) mass is 436 g/mol. The number of anilines is 1. The third-order valence-corrected chi connectivity index (χ3v) is 6.30. The van der Waals surface area contributed by atoms with E-state index >= 15 is 0 Å². The van der Waals surface area contributed by atoms with E-state index in [1.54, 1.807) is 23.1 Å². The molecule has 3 aliphatic rings. The maximum atomic E-state index is 12.6. The van der Waals surface area contributed by atoms with E-state index in [1.165, 1.54) is 5.56 Å². The molecule has 3 heterocycles. The molecule has 0 radical (unpaired) electrons. The summed E-state index contributed by atoms with van der Waals surface area (Å²) >= 11 is 0. The molecule has 0 spiro atoms. The zero-order chi connectivity index (χ0) is 21.9. The second-order valence-corrected chi connectivity index (χ2v) is 8.57. The molecule has 2 aromatic rings. The first-order valence-electron chi connectivity index (χ1n) is 11.2. The highest BCUT2D eigenvalue weighted by atomic mass is 16.7. The molecule has 8 heteroatoms. The quantitative estimate of drug-likeness (QED) is 0.727. The minimum absolute atomic E-state index is 0.0283. The SMILES string of the molecule is O=C(NC[C@@H]1CCCN(Cc2ccc(N3CCNC3=O)cc2)C1)c1ccc2c(c1)OCO2. The summed E-state index contributed by atoms with van der Waals surface area (Å²) in [6, 6.07) is 13.5. The standard InChI is InChI=1S/C24H28N4O4/c29-23(19-5-8-21-22(12-19)32-16-31-21)26-13-18-2-1-10-27(15-18)14-17-3-6-20(7-4-17)28-11-9-25-24(28)30/h3-8,12,18H,1-2,9-11,13-16H2,(H,25,30)(H,26,29)/t18-/m0/s1. The van der Waals surface area contributed by atoms with E-state index in [0.717, 1.165) is 38.2 Å². The number of benzene rings is 2. The van der Waals surface area contributed by atoms with Gasteiger partial charge < -0.3 is 20.1 Å². The Balaban J connectivity index is 1.12. The lowest BCUT2D eigenvalue weighted by molar-refractivity contribution is 0.0930. The first-order valence-corrected chi connectivity index (χ1v) is 11.2. The van der Waals surface area contributed by atoms with Crippen LogP contribution in [0.4, 0.5) is 10.5 Å². The Hall–Kier alpha value is -3.26. The van der Waals surface area contributed by atoms with Gasteiger partial charge in [0.2, 0.25) is 6.79 Å². The number of piperidine rings is 1. The second-order valence-electron chi connectivity index (χ2n) is 8.57. The van der Waals surface area contributed by atoms with Crippen molar-refractivity contribution in [3.8, 4) is 11.5 Å². The van der Waals surface area contributed by atoms with Gasteiger partial charge in [0, 0.05) is 44.0 Å². The Morgan fingerprint density at radius 3 is 2.75 bits per heavy atom. The number of hydrogen-bond donors (Lipinski definition) is 2. The van der Waals surface area contributed by atoms with Crippen LogP contribution >= 0.6 is 0 Å². The van der Waals surface area contributed by atoms with Gasteiger partial charge in [0.05, 0.1) is 0 Å². The fourth-order valence-electron chi connectivity index (χ4n) is 4.60. The number of carbonyl (C=O) groups excluding carboxylic acids is 2. The van der Waals surface area contributed by atoms with Crippen LogP contribution < -0.4 is 25.0 Å². The molecule has 32 heavy (non-hydrogen) atoms. The molecule has 2 aromatic carbocycles. The van der Waals surface area contributed by atoms with Crippen LogP contribution in [0, 0.1) is 5.92 Å². The van der Waals surface area contributed by atoms with E-state index < -0.39 is 0 Å². The predicted octanol–water partition coefficient (Wildman–Crippen LogP) is 2.59. The zero-order valence-corrected chi connectivity index (χ0v) is 18.0. The Labute approximate surface area is 187 Å². The summed E-state index contributed by atoms with van der Waals surface area (Å²) < 4.78 is 10.7. The molecule has 5 rings (SSSR count). The van der Waals surface area contributed by atoms with E-state index in [-0.39, 0.29) is 18.7 Å². The normalized spacial score (nSPS) is 20.3. The summed E-state index contributed by atoms with van der Waals surface area (Å²) in [5.74, 6) is 1.65. The van der Waals surface area contributed by atoms with Crippen molar-refractivity contribution in [1.82, 2.24) is 15.5 Å². The number of carbonyl (C=O) groups is 2. The molecule has 8 nitrogen and oxygen atoms in total. The van der Waals surface area contributed by atoms with Gasteiger partial charge in [-0.15, -0.1) is 0 Å². The number of urea groups is 1. The van der Waals surface area contributed by atoms with Crippen LogP contribution in [-0.2, 0) is 6.54 Å². The predicted molar refractivity (Wildman–Crippen MR) is 120 cm³/mol. The minimum atomic E-state index is -0.0815. The molecule has 168 valence electrons. The van der Waals surface area contributed by atoms with Crippen molar-refractivity contribution in [2.45, 2.75) is 19.4 Å². The summed E-state index contributed by atoms with van der Waals surface area (Å²) in [5, 5.41) is 5.91. The summed E-state index contributed by atoms with van der Waals surface area (Å²) in [4.78, 5) is 28.6. The lowest BCUT2D eigenvalue weighted by Gasteiger charge is -2.33. The third-order valence-electron chi connectivity index (χ3n) is 6.30. The minimum Gasteiger partial charge on any atom is -0.454 e. The summed E-state index contributed by atoms with van der Waals surface area (Å²) in [5.41, 5.74) is 2.76. The van der Waals surface area contributed by atoms with E-state index in [1.807, 2.05) is 12.1 Å². The molecule has 2 fully saturated rings. The number of ether oxygens (including phenoxy) is 2. The topological polar surface area (TPSA) is 83.1 Å². The molecule has 0 unspecified atom stereocenters. The van der Waals surface area contributed by atoms with E-state index in [4.69, 9.17) is 9.47 Å². The van der Waals surface area contributed by atoms with Crippen LogP contribution in [0.2, 0.25) is 0 Å². The summed E-state index contributed by atoms with van der Waals surface area (Å²) in [6.07, 6.45) is 2.23. The molecule has 2 saturated heterocycles. The Kier molecular flexibility index (Phi) is 5.85. The van der Waals surface area contributed by atoms with E-state index in [0.29, 0.717) is 42.6 Å². The molecule has 0 bridgehead atoms. The Morgan fingerprint density at radius 1 is 1.09 bits per heavy atom. The highest BCUT2D eigenvalue weighted by molar-refractivity contribution is 5.95. The Bertz CT molecular complexity index is 994. The fraction of sp³-hybridized carbons (Fsp3) is 0.417. The zero-order valence-electron chi connectivity index (χ0n) is 18.0. The second kappa shape index (κ2) is 9.08. The van der Waals surface area contributed by atoms with Gasteiger partial charge in [-0.2, -0.15) is 0 Å². The molecule has 0 saturated carbocycles. The van der Waals surface area contributed by atoms with Gasteiger partial charge in [0.1, 0.15) is 0 Å². The smallest absolute Gasteiger partial charge is 0.321 e. The van der Waals surface area contributed by atoms with Crippen LogP contribution in [0.3, 0.4) is 0 Å². The number of rotatable bonds is 6. The summed E-state index contributed by atoms with van der Waals surface area (Å²) in [6.45, 7) is 5.16. The van der Waals surface area contributed by atoms with Gasteiger partial charge in [0.15, 0.2) is 11.5 Å². The van der Waals surface area contributed by atoms with Gasteiger partial charge in [-0.1, -0.05) is 12.1 Å². The van der Waals surface area contributed by atoms with Crippen molar-refractivity contribution in [2.75, 3.05) is 44.4 Å². The van der Waals surface area contributed by atoms with Gasteiger partial charge in [-0.3, -0.25) is 14.6 Å². The van der Waals surface area contributed by atoms with Crippen molar-refractivity contribution in [2.24, 2.45) is 5.92 Å². The van der Waals surface area contributed by atoms with Gasteiger partial charge in [-0.25, -0.2) is 4.79 Å². The van der Waals surface area contributed by atoms with Crippen LogP contribution in [0.25, 0.3) is 0 Å². The van der Waals surface area contributed by atoms with Crippen molar-refractivity contribution < 1.29 is 19.1 Å². The molecular formula is C24H28N4O4. The third kappa shape index (κ3) is 4.50. The first-order chi connectivity index (χ1) is 15.7. The van der Waals surface area contributed by atoms with Crippen LogP contribution in [0.5, 0.6) is 11.5 Å². The largest absolute Gasteiger partial charge is 0.454 e. The molecule has 3 aliphatic heterocycles. The van der Waals surface area contributed by atoms with Crippen LogP contribution in [0.1, 0.15) is 28.8 Å². The van der Waals surface area contributed by atoms with Crippen molar-refractivity contribution in [3.05, 3.63) is 53.6 Å². The number of amides is 3. The van der Waals surface area contributed by atoms with Crippen molar-refractivity contribution in [3.63, 3.8) is 0 Å². The molecule has 0 aliphatic carbocycles. The lowest BCUT2D eigenvalue weighted by atomic mass is 9.97. The number of nitrogens with one attached hydrogen (secondary N) is 2. The van der Waals surface area contributed by atoms with E-state index in [2.05, 4.69) is 27.7 Å². The average Bonchev–Trinajstić information content (AvgIpc) is 3.46. The van der Waals surface area contributed by atoms with Crippen LogP contribution in [0.15, 0.2) is 42.5 Å².